The van der Waals surface area contributed by atoms with E-state index in [2.05, 4.69) is 24.1 Å². The van der Waals surface area contributed by atoms with Gasteiger partial charge in [0, 0.05) is 12.6 Å². The van der Waals surface area contributed by atoms with Gasteiger partial charge in [0.2, 0.25) is 0 Å². The lowest BCUT2D eigenvalue weighted by atomic mass is 9.82. The third-order valence-electron chi connectivity index (χ3n) is 5.04. The molecule has 0 spiro atoms. The Morgan fingerprint density at radius 1 is 1.11 bits per heavy atom. The summed E-state index contributed by atoms with van der Waals surface area (Å²) < 4.78 is 0. The van der Waals surface area contributed by atoms with Crippen LogP contribution in [-0.4, -0.2) is 37.1 Å². The van der Waals surface area contributed by atoms with E-state index >= 15 is 0 Å². The van der Waals surface area contributed by atoms with Crippen LogP contribution in [0, 0.1) is 11.8 Å². The Morgan fingerprint density at radius 2 is 1.94 bits per heavy atom. The molecule has 1 heterocycles. The minimum atomic E-state index is 0.913. The summed E-state index contributed by atoms with van der Waals surface area (Å²) in [7, 11) is 0. The fraction of sp³-hybridized carbons (Fsp3) is 1.00. The fourth-order valence-electron chi connectivity index (χ4n) is 3.96. The molecule has 0 bridgehead atoms. The smallest absolute Gasteiger partial charge is 0.0123 e. The Morgan fingerprint density at radius 3 is 2.72 bits per heavy atom. The van der Waals surface area contributed by atoms with Crippen LogP contribution in [0.15, 0.2) is 0 Å². The molecule has 2 heteroatoms. The molecule has 2 aliphatic rings. The van der Waals surface area contributed by atoms with Crippen molar-refractivity contribution in [3.63, 3.8) is 0 Å². The monoisotopic (exact) mass is 252 g/mol. The summed E-state index contributed by atoms with van der Waals surface area (Å²) in [6.45, 7) is 9.80. The molecule has 0 aromatic heterocycles. The van der Waals surface area contributed by atoms with E-state index in [-0.39, 0.29) is 0 Å². The molecule has 1 N–H and O–H groups in total. The zero-order chi connectivity index (χ0) is 12.8. The number of hydrogen-bond donors (Lipinski definition) is 1. The van der Waals surface area contributed by atoms with Crippen LogP contribution < -0.4 is 5.32 Å². The molecule has 2 fully saturated rings. The second-order valence-electron chi connectivity index (χ2n) is 6.37. The summed E-state index contributed by atoms with van der Waals surface area (Å²) >= 11 is 0. The van der Waals surface area contributed by atoms with Crippen LogP contribution in [0.3, 0.4) is 0 Å². The van der Waals surface area contributed by atoms with Gasteiger partial charge in [0.15, 0.2) is 0 Å². The Balaban J connectivity index is 1.76. The van der Waals surface area contributed by atoms with Gasteiger partial charge in [-0.3, -0.25) is 4.90 Å². The molecule has 0 aromatic rings. The third-order valence-corrected chi connectivity index (χ3v) is 5.04. The highest BCUT2D eigenvalue weighted by molar-refractivity contribution is 4.88. The number of rotatable bonds is 6. The van der Waals surface area contributed by atoms with Crippen LogP contribution in [0.5, 0.6) is 0 Å². The fourth-order valence-corrected chi connectivity index (χ4v) is 3.96. The normalized spacial score (nSPS) is 34.0. The van der Waals surface area contributed by atoms with E-state index < -0.39 is 0 Å². The molecule has 3 unspecified atom stereocenters. The molecule has 0 aromatic carbocycles. The van der Waals surface area contributed by atoms with E-state index in [1.807, 2.05) is 0 Å². The van der Waals surface area contributed by atoms with E-state index in [9.17, 15) is 0 Å². The van der Waals surface area contributed by atoms with Crippen molar-refractivity contribution in [2.24, 2.45) is 11.8 Å². The minimum absolute atomic E-state index is 0.913. The van der Waals surface area contributed by atoms with Crippen LogP contribution in [0.25, 0.3) is 0 Å². The average Bonchev–Trinajstić information content (AvgIpc) is 2.88. The van der Waals surface area contributed by atoms with Crippen LogP contribution in [0.2, 0.25) is 0 Å². The van der Waals surface area contributed by atoms with Crippen LogP contribution in [-0.2, 0) is 0 Å². The number of hydrogen-bond acceptors (Lipinski definition) is 2. The van der Waals surface area contributed by atoms with E-state index in [4.69, 9.17) is 0 Å². The predicted octanol–water partition coefficient (Wildman–Crippen LogP) is 3.28. The molecule has 1 aliphatic carbocycles. The van der Waals surface area contributed by atoms with Crippen molar-refractivity contribution in [2.75, 3.05) is 26.2 Å². The first-order chi connectivity index (χ1) is 8.85. The first-order valence-electron chi connectivity index (χ1n) is 8.29. The molecule has 18 heavy (non-hydrogen) atoms. The van der Waals surface area contributed by atoms with Gasteiger partial charge in [-0.2, -0.15) is 0 Å². The summed E-state index contributed by atoms with van der Waals surface area (Å²) in [5, 5.41) is 3.60. The summed E-state index contributed by atoms with van der Waals surface area (Å²) in [5.41, 5.74) is 0. The zero-order valence-electron chi connectivity index (χ0n) is 12.5. The Kier molecular flexibility index (Phi) is 5.97. The van der Waals surface area contributed by atoms with Crippen molar-refractivity contribution in [3.05, 3.63) is 0 Å². The largest absolute Gasteiger partial charge is 0.316 e. The summed E-state index contributed by atoms with van der Waals surface area (Å²) in [5.74, 6) is 1.90. The maximum Gasteiger partial charge on any atom is 0.0123 e. The molecular weight excluding hydrogens is 220 g/mol. The molecule has 1 saturated carbocycles. The van der Waals surface area contributed by atoms with E-state index in [1.165, 1.54) is 71.1 Å². The van der Waals surface area contributed by atoms with Gasteiger partial charge in [-0.05, 0) is 57.2 Å². The molecule has 0 amide bonds. The molecule has 3 atom stereocenters. The third kappa shape index (κ3) is 3.71. The van der Waals surface area contributed by atoms with Crippen LogP contribution in [0.1, 0.15) is 58.8 Å². The summed E-state index contributed by atoms with van der Waals surface area (Å²) in [6.07, 6.45) is 9.96. The van der Waals surface area contributed by atoms with Gasteiger partial charge in [0.25, 0.3) is 0 Å². The molecule has 0 radical (unpaired) electrons. The predicted molar refractivity (Wildman–Crippen MR) is 78.9 cm³/mol. The van der Waals surface area contributed by atoms with Gasteiger partial charge in [0.1, 0.15) is 0 Å². The molecule has 1 saturated heterocycles. The van der Waals surface area contributed by atoms with E-state index in [1.54, 1.807) is 0 Å². The van der Waals surface area contributed by atoms with Gasteiger partial charge < -0.3 is 5.32 Å². The Labute approximate surface area is 114 Å². The topological polar surface area (TPSA) is 15.3 Å². The number of nitrogens with one attached hydrogen (secondary N) is 1. The lowest BCUT2D eigenvalue weighted by Gasteiger charge is -2.37. The maximum absolute atomic E-state index is 3.60. The molecule has 1 aliphatic heterocycles. The standard InChI is InChI=1S/C16H32N2/c1-3-10-17-12-14-9-11-18(13-14)16-8-6-5-7-15(16)4-2/h14-17H,3-13H2,1-2H3. The first kappa shape index (κ1) is 14.3. The SMILES string of the molecule is CCCNCC1CCN(C2CCCCC2CC)C1. The van der Waals surface area contributed by atoms with Gasteiger partial charge >= 0.3 is 0 Å². The summed E-state index contributed by atoms with van der Waals surface area (Å²) in [6, 6.07) is 0.917. The van der Waals surface area contributed by atoms with Crippen molar-refractivity contribution in [3.8, 4) is 0 Å². The molecule has 2 rings (SSSR count). The van der Waals surface area contributed by atoms with Gasteiger partial charge in [0.05, 0.1) is 0 Å². The molecular formula is C16H32N2. The zero-order valence-corrected chi connectivity index (χ0v) is 12.5. The average molecular weight is 252 g/mol. The second kappa shape index (κ2) is 7.49. The van der Waals surface area contributed by atoms with Crippen molar-refractivity contribution in [1.29, 1.82) is 0 Å². The lowest BCUT2D eigenvalue weighted by molar-refractivity contribution is 0.121. The second-order valence-corrected chi connectivity index (χ2v) is 6.37. The quantitative estimate of drug-likeness (QED) is 0.730. The van der Waals surface area contributed by atoms with Gasteiger partial charge in [-0.1, -0.05) is 33.1 Å². The minimum Gasteiger partial charge on any atom is -0.316 e. The van der Waals surface area contributed by atoms with Crippen LogP contribution >= 0.6 is 0 Å². The Bertz CT molecular complexity index is 229. The first-order valence-corrected chi connectivity index (χ1v) is 8.29. The lowest BCUT2D eigenvalue weighted by Crippen LogP contribution is -2.41. The van der Waals surface area contributed by atoms with Gasteiger partial charge in [-0.25, -0.2) is 0 Å². The van der Waals surface area contributed by atoms with Crippen molar-refractivity contribution < 1.29 is 0 Å². The number of nitrogens with zero attached hydrogens (tertiary/aromatic N) is 1. The van der Waals surface area contributed by atoms with E-state index in [0.717, 1.165) is 17.9 Å². The molecule has 106 valence electrons. The highest BCUT2D eigenvalue weighted by Crippen LogP contribution is 2.33. The van der Waals surface area contributed by atoms with Crippen molar-refractivity contribution in [1.82, 2.24) is 10.2 Å². The Hall–Kier alpha value is -0.0800. The maximum atomic E-state index is 3.60. The molecule has 2 nitrogen and oxygen atoms in total. The highest BCUT2D eigenvalue weighted by Gasteiger charge is 2.33. The summed E-state index contributed by atoms with van der Waals surface area (Å²) in [4.78, 5) is 2.83. The van der Waals surface area contributed by atoms with E-state index in [0.29, 0.717) is 0 Å². The van der Waals surface area contributed by atoms with Crippen molar-refractivity contribution >= 4 is 0 Å². The number of likely N-dealkylation sites (tertiary alicyclic amines) is 1. The van der Waals surface area contributed by atoms with Crippen molar-refractivity contribution in [2.45, 2.75) is 64.8 Å². The highest BCUT2D eigenvalue weighted by atomic mass is 15.2. The van der Waals surface area contributed by atoms with Crippen LogP contribution in [0.4, 0.5) is 0 Å². The van der Waals surface area contributed by atoms with Gasteiger partial charge in [-0.15, -0.1) is 0 Å².